The normalized spacial score (nSPS) is 9.86. The van der Waals surface area contributed by atoms with Crippen LogP contribution in [-0.2, 0) is 11.3 Å². The minimum atomic E-state index is -0.263. The van der Waals surface area contributed by atoms with Crippen molar-refractivity contribution in [2.75, 3.05) is 5.33 Å². The molecule has 0 unspecified atom stereocenters. The molecule has 14 heavy (non-hydrogen) atoms. The van der Waals surface area contributed by atoms with Crippen LogP contribution >= 0.6 is 15.9 Å². The molecule has 0 saturated carbocycles. The van der Waals surface area contributed by atoms with Gasteiger partial charge in [0.05, 0.1) is 0 Å². The summed E-state index contributed by atoms with van der Waals surface area (Å²) in [6.45, 7) is 0.451. The standard InChI is InChI=1S/C10H11BrFNO/c11-6-5-10(14)13-7-8-1-3-9(12)4-2-8/h1-4H,5-7H2,(H,13,14). The van der Waals surface area contributed by atoms with Gasteiger partial charge in [0.2, 0.25) is 5.91 Å². The molecule has 1 amide bonds. The third-order valence-corrected chi connectivity index (χ3v) is 2.12. The van der Waals surface area contributed by atoms with Crippen molar-refractivity contribution in [2.24, 2.45) is 0 Å². The number of carbonyl (C=O) groups excluding carboxylic acids is 1. The van der Waals surface area contributed by atoms with Crippen molar-refractivity contribution in [3.8, 4) is 0 Å². The molecule has 1 rings (SSSR count). The third-order valence-electron chi connectivity index (χ3n) is 1.72. The molecule has 1 aromatic carbocycles. The van der Waals surface area contributed by atoms with Crippen molar-refractivity contribution in [3.05, 3.63) is 35.6 Å². The molecule has 1 aromatic rings. The molecule has 0 aliphatic carbocycles. The molecule has 0 spiro atoms. The summed E-state index contributed by atoms with van der Waals surface area (Å²) >= 11 is 3.18. The van der Waals surface area contributed by atoms with E-state index in [0.717, 1.165) is 5.56 Å². The Morgan fingerprint density at radius 1 is 1.36 bits per heavy atom. The van der Waals surface area contributed by atoms with Crippen LogP contribution in [0.3, 0.4) is 0 Å². The minimum Gasteiger partial charge on any atom is -0.352 e. The summed E-state index contributed by atoms with van der Waals surface area (Å²) in [5, 5.41) is 3.38. The van der Waals surface area contributed by atoms with Gasteiger partial charge in [0.15, 0.2) is 0 Å². The minimum absolute atomic E-state index is 0.00815. The van der Waals surface area contributed by atoms with Crippen LogP contribution in [0, 0.1) is 5.82 Å². The molecule has 1 N–H and O–H groups in total. The Bertz CT molecular complexity index is 299. The molecular formula is C10H11BrFNO. The molecule has 0 atom stereocenters. The predicted molar refractivity (Wildman–Crippen MR) is 56.7 cm³/mol. The molecular weight excluding hydrogens is 249 g/mol. The van der Waals surface area contributed by atoms with Crippen molar-refractivity contribution in [1.82, 2.24) is 5.32 Å². The van der Waals surface area contributed by atoms with E-state index in [0.29, 0.717) is 18.3 Å². The maximum atomic E-state index is 12.5. The number of amides is 1. The van der Waals surface area contributed by atoms with E-state index in [1.165, 1.54) is 12.1 Å². The van der Waals surface area contributed by atoms with E-state index in [4.69, 9.17) is 0 Å². The molecule has 4 heteroatoms. The van der Waals surface area contributed by atoms with E-state index in [-0.39, 0.29) is 11.7 Å². The Hall–Kier alpha value is -0.900. The molecule has 2 nitrogen and oxygen atoms in total. The first-order chi connectivity index (χ1) is 6.72. The number of halogens is 2. The lowest BCUT2D eigenvalue weighted by molar-refractivity contribution is -0.120. The summed E-state index contributed by atoms with van der Waals surface area (Å²) in [4.78, 5) is 11.1. The quantitative estimate of drug-likeness (QED) is 0.826. The van der Waals surface area contributed by atoms with Crippen molar-refractivity contribution in [3.63, 3.8) is 0 Å². The highest BCUT2D eigenvalue weighted by molar-refractivity contribution is 9.09. The van der Waals surface area contributed by atoms with Gasteiger partial charge in [-0.15, -0.1) is 0 Å². The maximum Gasteiger partial charge on any atom is 0.221 e. The van der Waals surface area contributed by atoms with E-state index >= 15 is 0 Å². The number of hydrogen-bond acceptors (Lipinski definition) is 1. The smallest absolute Gasteiger partial charge is 0.221 e. The third kappa shape index (κ3) is 3.87. The van der Waals surface area contributed by atoms with Gasteiger partial charge in [0, 0.05) is 18.3 Å². The second-order valence-electron chi connectivity index (χ2n) is 2.84. The molecule has 76 valence electrons. The largest absolute Gasteiger partial charge is 0.352 e. The summed E-state index contributed by atoms with van der Waals surface area (Å²) in [5.74, 6) is -0.272. The summed E-state index contributed by atoms with van der Waals surface area (Å²) in [5.41, 5.74) is 0.898. The lowest BCUT2D eigenvalue weighted by atomic mass is 10.2. The van der Waals surface area contributed by atoms with Crippen LogP contribution in [-0.4, -0.2) is 11.2 Å². The molecule has 0 saturated heterocycles. The lowest BCUT2D eigenvalue weighted by Gasteiger charge is -2.03. The van der Waals surface area contributed by atoms with Gasteiger partial charge in [0.1, 0.15) is 5.82 Å². The zero-order valence-corrected chi connectivity index (χ0v) is 9.18. The van der Waals surface area contributed by atoms with E-state index < -0.39 is 0 Å². The number of carbonyl (C=O) groups is 1. The van der Waals surface area contributed by atoms with Gasteiger partial charge in [-0.1, -0.05) is 28.1 Å². The molecule has 0 aromatic heterocycles. The van der Waals surface area contributed by atoms with Crippen LogP contribution in [0.2, 0.25) is 0 Å². The SMILES string of the molecule is O=C(CCBr)NCc1ccc(F)cc1. The van der Waals surface area contributed by atoms with Crippen LogP contribution in [0.1, 0.15) is 12.0 Å². The van der Waals surface area contributed by atoms with Crippen LogP contribution in [0.15, 0.2) is 24.3 Å². The Kier molecular flexibility index (Phi) is 4.59. The summed E-state index contributed by atoms with van der Waals surface area (Å²) < 4.78 is 12.5. The number of hydrogen-bond donors (Lipinski definition) is 1. The molecule has 0 fully saturated rings. The van der Waals surface area contributed by atoms with Crippen molar-refractivity contribution >= 4 is 21.8 Å². The van der Waals surface area contributed by atoms with E-state index in [1.807, 2.05) is 0 Å². The van der Waals surface area contributed by atoms with Crippen molar-refractivity contribution in [1.29, 1.82) is 0 Å². The van der Waals surface area contributed by atoms with Crippen molar-refractivity contribution < 1.29 is 9.18 Å². The van der Waals surface area contributed by atoms with Crippen LogP contribution in [0.4, 0.5) is 4.39 Å². The molecule has 0 aliphatic rings. The fraction of sp³-hybridized carbons (Fsp3) is 0.300. The van der Waals surface area contributed by atoms with E-state index in [1.54, 1.807) is 12.1 Å². The van der Waals surface area contributed by atoms with Gasteiger partial charge < -0.3 is 5.32 Å². The first kappa shape index (κ1) is 11.2. The highest BCUT2D eigenvalue weighted by Gasteiger charge is 1.99. The average Bonchev–Trinajstić information content (AvgIpc) is 2.17. The van der Waals surface area contributed by atoms with Gasteiger partial charge >= 0.3 is 0 Å². The van der Waals surface area contributed by atoms with Gasteiger partial charge in [-0.25, -0.2) is 4.39 Å². The molecule has 0 radical (unpaired) electrons. The number of alkyl halides is 1. The topological polar surface area (TPSA) is 29.1 Å². The Morgan fingerprint density at radius 2 is 2.00 bits per heavy atom. The number of rotatable bonds is 4. The first-order valence-electron chi connectivity index (χ1n) is 4.29. The zero-order chi connectivity index (χ0) is 10.4. The van der Waals surface area contributed by atoms with Crippen LogP contribution in [0.25, 0.3) is 0 Å². The first-order valence-corrected chi connectivity index (χ1v) is 5.41. The second kappa shape index (κ2) is 5.75. The van der Waals surface area contributed by atoms with E-state index in [9.17, 15) is 9.18 Å². The highest BCUT2D eigenvalue weighted by atomic mass is 79.9. The zero-order valence-electron chi connectivity index (χ0n) is 7.59. The maximum absolute atomic E-state index is 12.5. The summed E-state index contributed by atoms with van der Waals surface area (Å²) in [6.07, 6.45) is 0.460. The second-order valence-corrected chi connectivity index (χ2v) is 3.64. The monoisotopic (exact) mass is 259 g/mol. The van der Waals surface area contributed by atoms with Gasteiger partial charge in [-0.2, -0.15) is 0 Å². The van der Waals surface area contributed by atoms with Gasteiger partial charge in [0.25, 0.3) is 0 Å². The van der Waals surface area contributed by atoms with Crippen molar-refractivity contribution in [2.45, 2.75) is 13.0 Å². The number of benzene rings is 1. The fourth-order valence-electron chi connectivity index (χ4n) is 0.977. The number of nitrogens with one attached hydrogen (secondary N) is 1. The Balaban J connectivity index is 2.38. The van der Waals surface area contributed by atoms with Crippen LogP contribution < -0.4 is 5.32 Å². The van der Waals surface area contributed by atoms with Crippen LogP contribution in [0.5, 0.6) is 0 Å². The average molecular weight is 260 g/mol. The van der Waals surface area contributed by atoms with Gasteiger partial charge in [-0.3, -0.25) is 4.79 Å². The predicted octanol–water partition coefficient (Wildman–Crippen LogP) is 2.23. The summed E-state index contributed by atoms with van der Waals surface area (Å²) in [6, 6.07) is 6.07. The summed E-state index contributed by atoms with van der Waals surface area (Å²) in [7, 11) is 0. The molecule has 0 aliphatic heterocycles. The molecule has 0 heterocycles. The Labute approximate surface area is 90.6 Å². The molecule has 0 bridgehead atoms. The Morgan fingerprint density at radius 3 is 2.57 bits per heavy atom. The highest BCUT2D eigenvalue weighted by Crippen LogP contribution is 2.02. The fourth-order valence-corrected chi connectivity index (χ4v) is 1.34. The lowest BCUT2D eigenvalue weighted by Crippen LogP contribution is -2.22. The van der Waals surface area contributed by atoms with E-state index in [2.05, 4.69) is 21.2 Å². The van der Waals surface area contributed by atoms with Gasteiger partial charge in [-0.05, 0) is 17.7 Å².